The number of fused-ring (bicyclic) bond motifs is 2. The summed E-state index contributed by atoms with van der Waals surface area (Å²) < 4.78 is 5.24. The minimum Gasteiger partial charge on any atom is -0.497 e. The van der Waals surface area contributed by atoms with E-state index in [1.807, 2.05) is 25.1 Å². The van der Waals surface area contributed by atoms with Gasteiger partial charge in [-0.1, -0.05) is 0 Å². The molecule has 4 aromatic rings. The van der Waals surface area contributed by atoms with Gasteiger partial charge >= 0.3 is 0 Å². The molecule has 8 heteroatoms. The van der Waals surface area contributed by atoms with Crippen molar-refractivity contribution in [2.75, 3.05) is 18.2 Å². The molecule has 4 rings (SSSR count). The quantitative estimate of drug-likeness (QED) is 0.484. The molecule has 8 nitrogen and oxygen atoms in total. The van der Waals surface area contributed by atoms with Crippen LogP contribution in [0.5, 0.6) is 11.6 Å². The average molecular weight is 348 g/mol. The summed E-state index contributed by atoms with van der Waals surface area (Å²) in [5.41, 5.74) is 8.38. The van der Waals surface area contributed by atoms with E-state index in [0.717, 1.165) is 22.3 Å². The molecule has 0 fully saturated rings. The Hall–Kier alpha value is -3.68. The molecular weight excluding hydrogens is 332 g/mol. The van der Waals surface area contributed by atoms with Crippen LogP contribution >= 0.6 is 0 Å². The molecular formula is C18H16N6O2. The summed E-state index contributed by atoms with van der Waals surface area (Å²) in [6.07, 6.45) is 0. The maximum atomic E-state index is 10.1. The lowest BCUT2D eigenvalue weighted by Gasteiger charge is -2.09. The van der Waals surface area contributed by atoms with Crippen molar-refractivity contribution in [1.82, 2.24) is 19.9 Å². The number of benzene rings is 2. The third-order valence-corrected chi connectivity index (χ3v) is 4.02. The minimum atomic E-state index is -0.160. The fraction of sp³-hybridized carbons (Fsp3) is 0.111. The number of hydrogen-bond donors (Lipinski definition) is 3. The Bertz CT molecular complexity index is 1150. The predicted octanol–water partition coefficient (Wildman–Crippen LogP) is 2.92. The van der Waals surface area contributed by atoms with E-state index in [-0.39, 0.29) is 11.8 Å². The van der Waals surface area contributed by atoms with Crippen LogP contribution in [-0.2, 0) is 0 Å². The number of aromatic hydroxyl groups is 1. The molecule has 0 amide bonds. The van der Waals surface area contributed by atoms with Gasteiger partial charge in [0, 0.05) is 11.1 Å². The molecule has 0 saturated carbocycles. The van der Waals surface area contributed by atoms with Crippen molar-refractivity contribution in [2.45, 2.75) is 6.92 Å². The van der Waals surface area contributed by atoms with Crippen LogP contribution in [0.15, 0.2) is 36.4 Å². The molecule has 0 spiro atoms. The van der Waals surface area contributed by atoms with Gasteiger partial charge in [0.1, 0.15) is 5.75 Å². The Labute approximate surface area is 148 Å². The van der Waals surface area contributed by atoms with Crippen LogP contribution in [0.2, 0.25) is 0 Å². The predicted molar refractivity (Wildman–Crippen MR) is 99.7 cm³/mol. The number of nitrogens with zero attached hydrogens (tertiary/aromatic N) is 4. The Balaban J connectivity index is 1.75. The third kappa shape index (κ3) is 2.77. The maximum Gasteiger partial charge on any atom is 0.233 e. The number of ether oxygens (including phenoxy) is 1. The van der Waals surface area contributed by atoms with Crippen LogP contribution in [-0.4, -0.2) is 32.2 Å². The first-order valence-corrected chi connectivity index (χ1v) is 7.89. The van der Waals surface area contributed by atoms with E-state index >= 15 is 0 Å². The van der Waals surface area contributed by atoms with Crippen molar-refractivity contribution in [1.29, 1.82) is 0 Å². The van der Waals surface area contributed by atoms with Crippen LogP contribution < -0.4 is 15.8 Å². The Morgan fingerprint density at radius 3 is 2.38 bits per heavy atom. The number of nitrogens with two attached hydrogens (primary N) is 1. The van der Waals surface area contributed by atoms with E-state index < -0.39 is 0 Å². The fourth-order valence-electron chi connectivity index (χ4n) is 2.73. The Morgan fingerprint density at radius 1 is 0.923 bits per heavy atom. The molecule has 2 heterocycles. The molecule has 2 aromatic carbocycles. The SMILES string of the molecule is COc1ccc2nc(Nc3nc(O)c4cc(N)ccc4n3)nc(C)c2c1. The highest BCUT2D eigenvalue weighted by Gasteiger charge is 2.10. The van der Waals surface area contributed by atoms with Crippen LogP contribution in [0.25, 0.3) is 21.8 Å². The summed E-state index contributed by atoms with van der Waals surface area (Å²) in [4.78, 5) is 17.3. The number of nitrogens with one attached hydrogen (secondary N) is 1. The molecule has 4 N–H and O–H groups in total. The van der Waals surface area contributed by atoms with E-state index in [1.54, 1.807) is 25.3 Å². The molecule has 2 aromatic heterocycles. The van der Waals surface area contributed by atoms with Gasteiger partial charge in [-0.05, 0) is 43.3 Å². The fourth-order valence-corrected chi connectivity index (χ4v) is 2.73. The van der Waals surface area contributed by atoms with Crippen LogP contribution in [0.3, 0.4) is 0 Å². The summed E-state index contributed by atoms with van der Waals surface area (Å²) in [5, 5.41) is 14.5. The number of aryl methyl sites for hydroxylation is 1. The molecule has 0 saturated heterocycles. The Morgan fingerprint density at radius 2 is 1.62 bits per heavy atom. The molecule has 0 radical (unpaired) electrons. The van der Waals surface area contributed by atoms with Gasteiger partial charge in [0.15, 0.2) is 0 Å². The largest absolute Gasteiger partial charge is 0.497 e. The van der Waals surface area contributed by atoms with Crippen molar-refractivity contribution >= 4 is 39.4 Å². The second-order valence-electron chi connectivity index (χ2n) is 5.79. The number of methoxy groups -OCH3 is 1. The molecule has 0 bridgehead atoms. The summed E-state index contributed by atoms with van der Waals surface area (Å²) >= 11 is 0. The van der Waals surface area contributed by atoms with E-state index in [0.29, 0.717) is 22.5 Å². The van der Waals surface area contributed by atoms with Gasteiger partial charge in [0.25, 0.3) is 0 Å². The monoisotopic (exact) mass is 348 g/mol. The van der Waals surface area contributed by atoms with Gasteiger partial charge in [0.05, 0.1) is 29.2 Å². The molecule has 0 aliphatic heterocycles. The van der Waals surface area contributed by atoms with E-state index in [2.05, 4.69) is 25.3 Å². The molecule has 26 heavy (non-hydrogen) atoms. The second kappa shape index (κ2) is 5.99. The first-order chi connectivity index (χ1) is 12.5. The van der Waals surface area contributed by atoms with Crippen molar-refractivity contribution in [2.24, 2.45) is 0 Å². The normalized spacial score (nSPS) is 11.0. The van der Waals surface area contributed by atoms with Gasteiger partial charge in [-0.2, -0.15) is 4.98 Å². The first-order valence-electron chi connectivity index (χ1n) is 7.89. The maximum absolute atomic E-state index is 10.1. The van der Waals surface area contributed by atoms with Crippen molar-refractivity contribution in [3.63, 3.8) is 0 Å². The zero-order valence-corrected chi connectivity index (χ0v) is 14.2. The van der Waals surface area contributed by atoms with Crippen LogP contribution in [0.4, 0.5) is 17.6 Å². The highest BCUT2D eigenvalue weighted by Crippen LogP contribution is 2.27. The number of aromatic nitrogens is 4. The van der Waals surface area contributed by atoms with Gasteiger partial charge in [-0.3, -0.25) is 5.32 Å². The summed E-state index contributed by atoms with van der Waals surface area (Å²) in [6, 6.07) is 10.6. The van der Waals surface area contributed by atoms with Crippen molar-refractivity contribution in [3.05, 3.63) is 42.1 Å². The minimum absolute atomic E-state index is 0.160. The van der Waals surface area contributed by atoms with E-state index in [1.165, 1.54) is 0 Å². The summed E-state index contributed by atoms with van der Waals surface area (Å²) in [6.45, 7) is 1.89. The van der Waals surface area contributed by atoms with Crippen LogP contribution in [0.1, 0.15) is 5.69 Å². The number of hydrogen-bond acceptors (Lipinski definition) is 8. The molecule has 0 atom stereocenters. The third-order valence-electron chi connectivity index (χ3n) is 4.02. The van der Waals surface area contributed by atoms with Gasteiger partial charge in [0.2, 0.25) is 17.8 Å². The van der Waals surface area contributed by atoms with Gasteiger partial charge in [-0.15, -0.1) is 0 Å². The van der Waals surface area contributed by atoms with Gasteiger partial charge in [-0.25, -0.2) is 15.0 Å². The lowest BCUT2D eigenvalue weighted by atomic mass is 10.2. The average Bonchev–Trinajstić information content (AvgIpc) is 2.62. The number of rotatable bonds is 3. The highest BCUT2D eigenvalue weighted by atomic mass is 16.5. The lowest BCUT2D eigenvalue weighted by Crippen LogP contribution is -2.03. The van der Waals surface area contributed by atoms with E-state index in [4.69, 9.17) is 10.5 Å². The second-order valence-corrected chi connectivity index (χ2v) is 5.79. The van der Waals surface area contributed by atoms with Crippen molar-refractivity contribution < 1.29 is 9.84 Å². The standard InChI is InChI=1S/C18H16N6O2/c1-9-12-8-11(26-2)4-6-14(12)21-17(20-9)24-18-22-15-5-3-10(19)7-13(15)16(25)23-18/h3-8H,19H2,1-2H3,(H2,20,21,22,23,24,25). The molecule has 130 valence electrons. The summed E-state index contributed by atoms with van der Waals surface area (Å²) in [7, 11) is 1.62. The number of anilines is 3. The molecule has 0 aliphatic rings. The van der Waals surface area contributed by atoms with Gasteiger partial charge < -0.3 is 15.6 Å². The first kappa shape index (κ1) is 15.8. The van der Waals surface area contributed by atoms with Crippen molar-refractivity contribution in [3.8, 4) is 11.6 Å². The lowest BCUT2D eigenvalue weighted by molar-refractivity contribution is 0.415. The zero-order valence-electron chi connectivity index (χ0n) is 14.2. The highest BCUT2D eigenvalue weighted by molar-refractivity contribution is 5.87. The molecule has 0 aliphatic carbocycles. The van der Waals surface area contributed by atoms with Crippen LogP contribution in [0, 0.1) is 6.92 Å². The smallest absolute Gasteiger partial charge is 0.233 e. The summed E-state index contributed by atoms with van der Waals surface area (Å²) in [5.74, 6) is 1.13. The number of nitrogen functional groups attached to an aromatic ring is 1. The molecule has 0 unspecified atom stereocenters. The topological polar surface area (TPSA) is 119 Å². The van der Waals surface area contributed by atoms with E-state index in [9.17, 15) is 5.11 Å². The zero-order chi connectivity index (χ0) is 18.3. The Kier molecular flexibility index (Phi) is 3.65.